The van der Waals surface area contributed by atoms with Gasteiger partial charge in [0.15, 0.2) is 0 Å². The van der Waals surface area contributed by atoms with Crippen molar-refractivity contribution in [2.24, 2.45) is 4.99 Å². The summed E-state index contributed by atoms with van der Waals surface area (Å²) in [5.41, 5.74) is 4.36. The fourth-order valence-corrected chi connectivity index (χ4v) is 4.85. The highest BCUT2D eigenvalue weighted by Crippen LogP contribution is 2.28. The summed E-state index contributed by atoms with van der Waals surface area (Å²) >= 11 is 0. The second-order valence-electron chi connectivity index (χ2n) is 7.89. The first-order chi connectivity index (χ1) is 17.4. The first-order valence-electron chi connectivity index (χ1n) is 11.1. The molecule has 0 fully saturated rings. The summed E-state index contributed by atoms with van der Waals surface area (Å²) in [6, 6.07) is 26.9. The molecular formula is C27H24N6O2S. The highest BCUT2D eigenvalue weighted by Gasteiger charge is 2.19. The Morgan fingerprint density at radius 1 is 0.944 bits per heavy atom. The summed E-state index contributed by atoms with van der Waals surface area (Å²) in [6.45, 7) is 2.25. The van der Waals surface area contributed by atoms with Gasteiger partial charge in [-0.3, -0.25) is 9.71 Å². The van der Waals surface area contributed by atoms with E-state index in [1.165, 1.54) is 0 Å². The average Bonchev–Trinajstić information content (AvgIpc) is 2.89. The predicted octanol–water partition coefficient (Wildman–Crippen LogP) is 4.90. The maximum absolute atomic E-state index is 13.2. The van der Waals surface area contributed by atoms with Crippen molar-refractivity contribution in [1.82, 2.24) is 10.3 Å². The Hall–Kier alpha value is -4.68. The van der Waals surface area contributed by atoms with Crippen LogP contribution in [-0.2, 0) is 16.6 Å². The first kappa shape index (κ1) is 24.4. The molecule has 0 amide bonds. The molecular weight excluding hydrogens is 472 g/mol. The molecule has 3 N–H and O–H groups in total. The maximum atomic E-state index is 13.2. The number of nitriles is 1. The van der Waals surface area contributed by atoms with Gasteiger partial charge in [-0.05, 0) is 48.4 Å². The third kappa shape index (κ3) is 6.25. The molecule has 0 aliphatic rings. The molecule has 0 bridgehead atoms. The number of nitrogens with one attached hydrogen (secondary N) is 3. The van der Waals surface area contributed by atoms with Crippen LogP contribution in [0.5, 0.6) is 0 Å². The highest BCUT2D eigenvalue weighted by atomic mass is 32.2. The highest BCUT2D eigenvalue weighted by molar-refractivity contribution is 7.92. The number of hydrogen-bond donors (Lipinski definition) is 3. The molecule has 36 heavy (non-hydrogen) atoms. The van der Waals surface area contributed by atoms with Crippen LogP contribution >= 0.6 is 0 Å². The van der Waals surface area contributed by atoms with Crippen LogP contribution < -0.4 is 15.4 Å². The van der Waals surface area contributed by atoms with Crippen molar-refractivity contribution in [3.05, 3.63) is 108 Å². The van der Waals surface area contributed by atoms with E-state index in [-0.39, 0.29) is 4.90 Å². The number of guanidine groups is 1. The third-order valence-corrected chi connectivity index (χ3v) is 6.69. The zero-order valence-electron chi connectivity index (χ0n) is 19.5. The second-order valence-corrected chi connectivity index (χ2v) is 9.54. The van der Waals surface area contributed by atoms with Crippen LogP contribution in [0.4, 0.5) is 11.4 Å². The monoisotopic (exact) mass is 496 g/mol. The number of benzene rings is 3. The molecule has 0 atom stereocenters. The summed E-state index contributed by atoms with van der Waals surface area (Å²) in [4.78, 5) is 8.14. The molecule has 0 aliphatic heterocycles. The normalized spacial score (nSPS) is 11.4. The van der Waals surface area contributed by atoms with E-state index in [1.807, 2.05) is 49.4 Å². The minimum atomic E-state index is -3.81. The van der Waals surface area contributed by atoms with E-state index in [4.69, 9.17) is 5.26 Å². The number of hydrogen-bond acceptors (Lipinski definition) is 5. The fourth-order valence-electron chi connectivity index (χ4n) is 3.57. The Morgan fingerprint density at radius 2 is 1.67 bits per heavy atom. The molecule has 0 radical (unpaired) electrons. The van der Waals surface area contributed by atoms with Crippen molar-refractivity contribution in [3.63, 3.8) is 0 Å². The molecule has 8 nitrogen and oxygen atoms in total. The molecule has 4 aromatic rings. The summed E-state index contributed by atoms with van der Waals surface area (Å²) < 4.78 is 29.0. The van der Waals surface area contributed by atoms with Crippen LogP contribution in [0, 0.1) is 18.4 Å². The topological polar surface area (TPSA) is 119 Å². The first-order valence-corrected chi connectivity index (χ1v) is 12.6. The average molecular weight is 497 g/mol. The lowest BCUT2D eigenvalue weighted by atomic mass is 10.1. The van der Waals surface area contributed by atoms with Crippen molar-refractivity contribution < 1.29 is 8.42 Å². The molecule has 0 saturated heterocycles. The Morgan fingerprint density at radius 3 is 2.39 bits per heavy atom. The van der Waals surface area contributed by atoms with Gasteiger partial charge in [0.2, 0.25) is 12.2 Å². The number of pyridine rings is 1. The molecule has 4 rings (SSSR count). The van der Waals surface area contributed by atoms with Crippen molar-refractivity contribution >= 4 is 27.4 Å². The molecule has 0 aliphatic carbocycles. The number of aliphatic imine (C=N–C) groups is 1. The van der Waals surface area contributed by atoms with Crippen LogP contribution in [-0.4, -0.2) is 19.4 Å². The number of rotatable bonds is 7. The van der Waals surface area contributed by atoms with E-state index in [0.717, 1.165) is 22.5 Å². The lowest BCUT2D eigenvalue weighted by Crippen LogP contribution is -2.30. The van der Waals surface area contributed by atoms with Crippen molar-refractivity contribution in [3.8, 4) is 17.3 Å². The Balaban J connectivity index is 1.44. The van der Waals surface area contributed by atoms with E-state index in [1.54, 1.807) is 60.9 Å². The molecule has 0 spiro atoms. The largest absolute Gasteiger partial charge is 0.351 e. The smallest absolute Gasteiger partial charge is 0.262 e. The van der Waals surface area contributed by atoms with Gasteiger partial charge in [-0.15, -0.1) is 4.99 Å². The Bertz CT molecular complexity index is 1510. The van der Waals surface area contributed by atoms with Gasteiger partial charge in [-0.1, -0.05) is 60.7 Å². The molecule has 3 aromatic carbocycles. The molecule has 9 heteroatoms. The summed E-state index contributed by atoms with van der Waals surface area (Å²) in [7, 11) is -3.81. The van der Waals surface area contributed by atoms with Crippen LogP contribution in [0.2, 0.25) is 0 Å². The Labute approximate surface area is 210 Å². The maximum Gasteiger partial charge on any atom is 0.262 e. The van der Waals surface area contributed by atoms with E-state index in [2.05, 4.69) is 25.3 Å². The van der Waals surface area contributed by atoms with E-state index >= 15 is 0 Å². The lowest BCUT2D eigenvalue weighted by molar-refractivity contribution is 0.601. The number of sulfonamides is 1. The van der Waals surface area contributed by atoms with E-state index in [9.17, 15) is 8.42 Å². The zero-order valence-corrected chi connectivity index (χ0v) is 20.3. The number of aromatic nitrogens is 1. The predicted molar refractivity (Wildman–Crippen MR) is 142 cm³/mol. The van der Waals surface area contributed by atoms with E-state index < -0.39 is 10.0 Å². The van der Waals surface area contributed by atoms with Crippen molar-refractivity contribution in [2.45, 2.75) is 18.4 Å². The lowest BCUT2D eigenvalue weighted by Gasteiger charge is -2.14. The molecule has 1 aromatic heterocycles. The van der Waals surface area contributed by atoms with Crippen LogP contribution in [0.3, 0.4) is 0 Å². The minimum absolute atomic E-state index is 0.205. The number of aryl methyl sites for hydroxylation is 1. The standard InChI is InChI=1S/C27H24N6O2S/c1-20-17-24(15-16-29-20)32-27(31-19-28)30-18-21-11-13-23(14-12-21)33-36(34,35)26-10-6-5-9-25(26)22-7-3-2-4-8-22/h2-17,33H,18H2,1H3,(H2,29,30,31,32). The van der Waals surface area contributed by atoms with Gasteiger partial charge in [0.1, 0.15) is 0 Å². The van der Waals surface area contributed by atoms with Gasteiger partial charge >= 0.3 is 0 Å². The number of anilines is 2. The third-order valence-electron chi connectivity index (χ3n) is 5.25. The van der Waals surface area contributed by atoms with Crippen LogP contribution in [0.15, 0.2) is 107 Å². The molecule has 0 unspecified atom stereocenters. The van der Waals surface area contributed by atoms with Gasteiger partial charge in [-0.2, -0.15) is 5.26 Å². The van der Waals surface area contributed by atoms with Gasteiger partial charge in [-0.25, -0.2) is 8.42 Å². The van der Waals surface area contributed by atoms with Gasteiger partial charge in [0, 0.05) is 35.4 Å². The SMILES string of the molecule is Cc1cc(N/C(=N/C#N)NCc2ccc(NS(=O)(=O)c3ccccc3-c3ccccc3)cc2)ccn1. The van der Waals surface area contributed by atoms with Crippen molar-refractivity contribution in [1.29, 1.82) is 5.26 Å². The number of nitrogens with zero attached hydrogens (tertiary/aromatic N) is 3. The molecule has 0 saturated carbocycles. The summed E-state index contributed by atoms with van der Waals surface area (Å²) in [6.07, 6.45) is 3.44. The molecule has 1 heterocycles. The van der Waals surface area contributed by atoms with Gasteiger partial charge in [0.05, 0.1) is 4.90 Å². The van der Waals surface area contributed by atoms with Gasteiger partial charge in [0.25, 0.3) is 10.0 Å². The van der Waals surface area contributed by atoms with Gasteiger partial charge < -0.3 is 10.6 Å². The van der Waals surface area contributed by atoms with E-state index in [0.29, 0.717) is 23.8 Å². The Kier molecular flexibility index (Phi) is 7.58. The fraction of sp³-hybridized carbons (Fsp3) is 0.0741. The quantitative estimate of drug-likeness (QED) is 0.190. The zero-order chi connectivity index (χ0) is 25.4. The van der Waals surface area contributed by atoms with Crippen molar-refractivity contribution in [2.75, 3.05) is 10.0 Å². The van der Waals surface area contributed by atoms with Crippen LogP contribution in [0.1, 0.15) is 11.3 Å². The summed E-state index contributed by atoms with van der Waals surface area (Å²) in [5, 5.41) is 15.1. The summed E-state index contributed by atoms with van der Waals surface area (Å²) in [5.74, 6) is 0.297. The minimum Gasteiger partial charge on any atom is -0.351 e. The molecule has 180 valence electrons. The van der Waals surface area contributed by atoms with Crippen LogP contribution in [0.25, 0.3) is 11.1 Å². The second kappa shape index (κ2) is 11.2.